The quantitative estimate of drug-likeness (QED) is 0.717. The van der Waals surface area contributed by atoms with Gasteiger partial charge in [-0.05, 0) is 87.3 Å². The summed E-state index contributed by atoms with van der Waals surface area (Å²) < 4.78 is 0. The van der Waals surface area contributed by atoms with Gasteiger partial charge in [0.1, 0.15) is 0 Å². The number of ketones is 1. The van der Waals surface area contributed by atoms with Gasteiger partial charge in [0.05, 0.1) is 0 Å². The fourth-order valence-electron chi connectivity index (χ4n) is 4.21. The van der Waals surface area contributed by atoms with Crippen LogP contribution in [0.1, 0.15) is 57.1 Å². The molecule has 0 bridgehead atoms. The topological polar surface area (TPSA) is 20.3 Å². The first-order chi connectivity index (χ1) is 12.1. The minimum Gasteiger partial charge on any atom is -0.372 e. The highest BCUT2D eigenvalue weighted by atomic mass is 16.1. The van der Waals surface area contributed by atoms with Crippen molar-refractivity contribution in [2.24, 2.45) is 5.92 Å². The van der Waals surface area contributed by atoms with E-state index in [4.69, 9.17) is 0 Å². The number of benzene rings is 1. The van der Waals surface area contributed by atoms with Crippen LogP contribution in [0.15, 0.2) is 41.5 Å². The minimum atomic E-state index is 0.0230. The Labute approximate surface area is 152 Å². The molecule has 2 aliphatic carbocycles. The summed E-state index contributed by atoms with van der Waals surface area (Å²) in [5, 5.41) is 0. The lowest BCUT2D eigenvalue weighted by molar-refractivity contribution is -0.118. The van der Waals surface area contributed by atoms with E-state index in [1.54, 1.807) is 0 Å². The van der Waals surface area contributed by atoms with Crippen molar-refractivity contribution >= 4 is 11.5 Å². The van der Waals surface area contributed by atoms with E-state index in [1.807, 2.05) is 0 Å². The maximum absolute atomic E-state index is 13.0. The van der Waals surface area contributed by atoms with Crippen molar-refractivity contribution in [2.45, 2.75) is 59.3 Å². The molecular formula is C23H31NO. The first-order valence-electron chi connectivity index (χ1n) is 9.93. The van der Waals surface area contributed by atoms with Gasteiger partial charge in [-0.15, -0.1) is 0 Å². The molecule has 25 heavy (non-hydrogen) atoms. The van der Waals surface area contributed by atoms with Crippen molar-refractivity contribution in [1.29, 1.82) is 0 Å². The van der Waals surface area contributed by atoms with E-state index in [9.17, 15) is 4.79 Å². The van der Waals surface area contributed by atoms with Crippen LogP contribution in [-0.4, -0.2) is 18.9 Å². The fraction of sp³-hybridized carbons (Fsp3) is 0.522. The molecule has 2 nitrogen and oxygen atoms in total. The van der Waals surface area contributed by atoms with Crippen LogP contribution in [0.25, 0.3) is 0 Å². The van der Waals surface area contributed by atoms with Gasteiger partial charge in [0, 0.05) is 24.7 Å². The van der Waals surface area contributed by atoms with Crippen molar-refractivity contribution in [1.82, 2.24) is 0 Å². The molecule has 2 heteroatoms. The van der Waals surface area contributed by atoms with Gasteiger partial charge in [-0.1, -0.05) is 24.6 Å². The largest absolute Gasteiger partial charge is 0.372 e. The Hall–Kier alpha value is -1.83. The Kier molecular flexibility index (Phi) is 5.78. The van der Waals surface area contributed by atoms with Gasteiger partial charge in [0.2, 0.25) is 0 Å². The van der Waals surface area contributed by atoms with Crippen molar-refractivity contribution in [3.05, 3.63) is 52.6 Å². The fourth-order valence-corrected chi connectivity index (χ4v) is 4.21. The SMILES string of the molecule is CCN(CC)c1ccc(CC2C=CC3=C(CCCCC3)C2=O)c(C)c1. The lowest BCUT2D eigenvalue weighted by Crippen LogP contribution is -2.23. The number of Topliss-reactive ketones (excluding diaryl/α,β-unsaturated/α-hetero) is 1. The number of carbonyl (C=O) groups is 1. The summed E-state index contributed by atoms with van der Waals surface area (Å²) in [6.45, 7) is 8.61. The summed E-state index contributed by atoms with van der Waals surface area (Å²) >= 11 is 0. The molecule has 0 radical (unpaired) electrons. The molecule has 1 unspecified atom stereocenters. The molecular weight excluding hydrogens is 306 g/mol. The van der Waals surface area contributed by atoms with Crippen molar-refractivity contribution < 1.29 is 4.79 Å². The Morgan fingerprint density at radius 3 is 2.56 bits per heavy atom. The zero-order valence-corrected chi connectivity index (χ0v) is 16.0. The first-order valence-corrected chi connectivity index (χ1v) is 9.93. The van der Waals surface area contributed by atoms with E-state index in [0.29, 0.717) is 5.78 Å². The molecule has 0 fully saturated rings. The lowest BCUT2D eigenvalue weighted by atomic mass is 9.82. The third kappa shape index (κ3) is 3.89. The van der Waals surface area contributed by atoms with Gasteiger partial charge >= 0.3 is 0 Å². The van der Waals surface area contributed by atoms with E-state index in [2.05, 4.69) is 56.0 Å². The first kappa shape index (κ1) is 18.0. The number of hydrogen-bond acceptors (Lipinski definition) is 2. The van der Waals surface area contributed by atoms with E-state index in [-0.39, 0.29) is 5.92 Å². The predicted molar refractivity (Wildman–Crippen MR) is 106 cm³/mol. The second-order valence-corrected chi connectivity index (χ2v) is 7.38. The van der Waals surface area contributed by atoms with Gasteiger partial charge in [0.25, 0.3) is 0 Å². The summed E-state index contributed by atoms with van der Waals surface area (Å²) in [5.74, 6) is 0.404. The number of carbonyl (C=O) groups excluding carboxylic acids is 1. The van der Waals surface area contributed by atoms with E-state index >= 15 is 0 Å². The van der Waals surface area contributed by atoms with Crippen LogP contribution in [0.2, 0.25) is 0 Å². The number of hydrogen-bond donors (Lipinski definition) is 0. The molecule has 1 aromatic rings. The summed E-state index contributed by atoms with van der Waals surface area (Å²) in [6, 6.07) is 6.71. The number of aryl methyl sites for hydroxylation is 1. The zero-order valence-electron chi connectivity index (χ0n) is 16.0. The molecule has 1 atom stereocenters. The minimum absolute atomic E-state index is 0.0230. The molecule has 0 saturated carbocycles. The van der Waals surface area contributed by atoms with Crippen molar-refractivity contribution in [3.63, 3.8) is 0 Å². The van der Waals surface area contributed by atoms with Crippen LogP contribution in [0.4, 0.5) is 5.69 Å². The molecule has 0 heterocycles. The smallest absolute Gasteiger partial charge is 0.166 e. The molecule has 1 aromatic carbocycles. The van der Waals surface area contributed by atoms with Crippen LogP contribution in [0, 0.1) is 12.8 Å². The number of allylic oxidation sites excluding steroid dienone is 4. The molecule has 3 rings (SSSR count). The van der Waals surface area contributed by atoms with Crippen molar-refractivity contribution in [2.75, 3.05) is 18.0 Å². The highest BCUT2D eigenvalue weighted by molar-refractivity contribution is 6.00. The van der Waals surface area contributed by atoms with Crippen LogP contribution >= 0.6 is 0 Å². The highest BCUT2D eigenvalue weighted by Crippen LogP contribution is 2.33. The van der Waals surface area contributed by atoms with Crippen LogP contribution in [-0.2, 0) is 11.2 Å². The van der Waals surface area contributed by atoms with E-state index in [0.717, 1.165) is 37.9 Å². The highest BCUT2D eigenvalue weighted by Gasteiger charge is 2.27. The zero-order chi connectivity index (χ0) is 17.8. The number of nitrogens with zero attached hydrogens (tertiary/aromatic N) is 1. The lowest BCUT2D eigenvalue weighted by Gasteiger charge is -2.24. The third-order valence-electron chi connectivity index (χ3n) is 5.82. The van der Waals surface area contributed by atoms with Crippen LogP contribution in [0.5, 0.6) is 0 Å². The summed E-state index contributed by atoms with van der Waals surface area (Å²) in [6.07, 6.45) is 10.9. The van der Waals surface area contributed by atoms with Gasteiger partial charge < -0.3 is 4.90 Å². The molecule has 0 aromatic heterocycles. The maximum atomic E-state index is 13.0. The number of rotatable bonds is 5. The summed E-state index contributed by atoms with van der Waals surface area (Å²) in [7, 11) is 0. The van der Waals surface area contributed by atoms with Gasteiger partial charge in [-0.2, -0.15) is 0 Å². The monoisotopic (exact) mass is 337 g/mol. The molecule has 0 aliphatic heterocycles. The number of anilines is 1. The normalized spacial score (nSPS) is 20.4. The van der Waals surface area contributed by atoms with Crippen LogP contribution < -0.4 is 4.90 Å². The Balaban J connectivity index is 1.76. The van der Waals surface area contributed by atoms with Crippen LogP contribution in [0.3, 0.4) is 0 Å². The van der Waals surface area contributed by atoms with E-state index < -0.39 is 0 Å². The predicted octanol–water partition coefficient (Wildman–Crippen LogP) is 5.40. The molecule has 0 spiro atoms. The average Bonchev–Trinajstić information content (AvgIpc) is 2.86. The Morgan fingerprint density at radius 1 is 1.08 bits per heavy atom. The van der Waals surface area contributed by atoms with Gasteiger partial charge in [0.15, 0.2) is 5.78 Å². The van der Waals surface area contributed by atoms with Crippen molar-refractivity contribution in [3.8, 4) is 0 Å². The summed E-state index contributed by atoms with van der Waals surface area (Å²) in [5.41, 5.74) is 6.32. The maximum Gasteiger partial charge on any atom is 0.166 e. The standard InChI is InChI=1S/C23H31NO/c1-4-24(5-2)21-14-13-19(17(3)15-21)16-20-12-11-18-9-7-6-8-10-22(18)23(20)25/h11-15,20H,4-10,16H2,1-3H3. The van der Waals surface area contributed by atoms with Gasteiger partial charge in [-0.3, -0.25) is 4.79 Å². The molecule has 134 valence electrons. The summed E-state index contributed by atoms with van der Waals surface area (Å²) in [4.78, 5) is 15.3. The average molecular weight is 338 g/mol. The second-order valence-electron chi connectivity index (χ2n) is 7.38. The van der Waals surface area contributed by atoms with E-state index in [1.165, 1.54) is 41.6 Å². The molecule has 0 N–H and O–H groups in total. The molecule has 0 saturated heterocycles. The Bertz CT molecular complexity index is 694. The second kappa shape index (κ2) is 8.03. The van der Waals surface area contributed by atoms with Gasteiger partial charge in [-0.25, -0.2) is 0 Å². The molecule has 2 aliphatic rings. The Morgan fingerprint density at radius 2 is 1.84 bits per heavy atom. The third-order valence-corrected chi connectivity index (χ3v) is 5.82. The molecule has 0 amide bonds.